The molecule has 0 fully saturated rings. The fourth-order valence-electron chi connectivity index (χ4n) is 1.89. The van der Waals surface area contributed by atoms with Crippen LogP contribution in [0.15, 0.2) is 23.8 Å². The van der Waals surface area contributed by atoms with E-state index < -0.39 is 8.32 Å². The maximum absolute atomic E-state index is 11.1. The Kier molecular flexibility index (Phi) is 3.14. The summed E-state index contributed by atoms with van der Waals surface area (Å²) >= 11 is 6.00. The zero-order chi connectivity index (χ0) is 12.6. The van der Waals surface area contributed by atoms with Crippen molar-refractivity contribution in [2.24, 2.45) is 0 Å². The third kappa shape index (κ3) is 2.61. The molecular weight excluding hydrogens is 252 g/mol. The number of hydrogen-bond acceptors (Lipinski definition) is 2. The van der Waals surface area contributed by atoms with Crippen LogP contribution in [-0.4, -0.2) is 14.6 Å². The smallest absolute Gasteiger partial charge is 0.242 e. The monoisotopic (exact) mass is 266 g/mol. The highest BCUT2D eigenvalue weighted by Crippen LogP contribution is 2.36. The van der Waals surface area contributed by atoms with Crippen LogP contribution in [-0.2, 0) is 15.6 Å². The van der Waals surface area contributed by atoms with Crippen molar-refractivity contribution in [3.63, 3.8) is 0 Å². The van der Waals surface area contributed by atoms with Gasteiger partial charge < -0.3 is 4.43 Å². The first-order valence-electron chi connectivity index (χ1n) is 5.57. The molecule has 0 aromatic heterocycles. The van der Waals surface area contributed by atoms with Crippen molar-refractivity contribution in [3.8, 4) is 0 Å². The first-order chi connectivity index (χ1) is 7.90. The van der Waals surface area contributed by atoms with Crippen molar-refractivity contribution in [1.29, 1.82) is 0 Å². The van der Waals surface area contributed by atoms with Gasteiger partial charge in [0.15, 0.2) is 0 Å². The second-order valence-corrected chi connectivity index (χ2v) is 10.0. The lowest BCUT2D eigenvalue weighted by Gasteiger charge is -2.21. The quantitative estimate of drug-likeness (QED) is 0.617. The molecule has 0 bridgehead atoms. The standard InChI is InChI=1S/C13H15ClO2Si/c1-17(2,3)16-13-10(8-15)6-9-4-5-11(14)7-12(9)13/h4-5,7-8H,6H2,1-3H3. The maximum atomic E-state index is 11.1. The molecule has 1 aliphatic carbocycles. The van der Waals surface area contributed by atoms with Crippen LogP contribution < -0.4 is 0 Å². The van der Waals surface area contributed by atoms with Crippen LogP contribution in [0.2, 0.25) is 24.7 Å². The molecule has 0 unspecified atom stereocenters. The van der Waals surface area contributed by atoms with Gasteiger partial charge in [0.1, 0.15) is 12.0 Å². The van der Waals surface area contributed by atoms with Gasteiger partial charge in [0, 0.05) is 22.6 Å². The minimum absolute atomic E-state index is 0.649. The Hall–Kier alpha value is -1.06. The van der Waals surface area contributed by atoms with Crippen LogP contribution in [0, 0.1) is 0 Å². The van der Waals surface area contributed by atoms with E-state index in [0.717, 1.165) is 28.7 Å². The third-order valence-corrected chi connectivity index (χ3v) is 3.59. The molecule has 0 aliphatic heterocycles. The Morgan fingerprint density at radius 1 is 1.35 bits per heavy atom. The molecule has 0 N–H and O–H groups in total. The number of aldehydes is 1. The van der Waals surface area contributed by atoms with Gasteiger partial charge >= 0.3 is 0 Å². The van der Waals surface area contributed by atoms with E-state index in [0.29, 0.717) is 11.4 Å². The zero-order valence-corrected chi connectivity index (χ0v) is 12.0. The highest BCUT2D eigenvalue weighted by atomic mass is 35.5. The molecule has 2 nitrogen and oxygen atoms in total. The molecule has 0 saturated heterocycles. The van der Waals surface area contributed by atoms with Crippen LogP contribution in [0.3, 0.4) is 0 Å². The van der Waals surface area contributed by atoms with Crippen molar-refractivity contribution >= 4 is 32.0 Å². The van der Waals surface area contributed by atoms with E-state index >= 15 is 0 Å². The maximum Gasteiger partial charge on any atom is 0.242 e. The summed E-state index contributed by atoms with van der Waals surface area (Å²) < 4.78 is 6.01. The number of halogens is 1. The normalized spacial score (nSPS) is 14.8. The zero-order valence-electron chi connectivity index (χ0n) is 10.2. The molecule has 1 aromatic rings. The molecule has 0 amide bonds. The lowest BCUT2D eigenvalue weighted by molar-refractivity contribution is -0.104. The Morgan fingerprint density at radius 2 is 2.06 bits per heavy atom. The van der Waals surface area contributed by atoms with E-state index in [2.05, 4.69) is 19.6 Å². The molecule has 4 heteroatoms. The number of benzene rings is 1. The fourth-order valence-corrected chi connectivity index (χ4v) is 2.92. The predicted molar refractivity (Wildman–Crippen MR) is 72.6 cm³/mol. The highest BCUT2D eigenvalue weighted by molar-refractivity contribution is 6.70. The second-order valence-electron chi connectivity index (χ2n) is 5.16. The molecule has 1 aliphatic rings. The van der Waals surface area contributed by atoms with Gasteiger partial charge in [-0.15, -0.1) is 0 Å². The van der Waals surface area contributed by atoms with Gasteiger partial charge in [-0.25, -0.2) is 0 Å². The molecule has 0 spiro atoms. The van der Waals surface area contributed by atoms with Crippen molar-refractivity contribution in [2.45, 2.75) is 26.1 Å². The number of carbonyl (C=O) groups excluding carboxylic acids is 1. The average molecular weight is 267 g/mol. The Balaban J connectivity index is 2.47. The van der Waals surface area contributed by atoms with Crippen LogP contribution in [0.4, 0.5) is 0 Å². The molecule has 2 rings (SSSR count). The van der Waals surface area contributed by atoms with E-state index in [4.69, 9.17) is 16.0 Å². The third-order valence-electron chi connectivity index (χ3n) is 2.54. The number of carbonyl (C=O) groups is 1. The molecular formula is C13H15ClO2Si. The van der Waals surface area contributed by atoms with Crippen molar-refractivity contribution in [2.75, 3.05) is 0 Å². The Bertz CT molecular complexity index is 501. The predicted octanol–water partition coefficient (Wildman–Crippen LogP) is 3.66. The summed E-state index contributed by atoms with van der Waals surface area (Å²) in [5, 5.41) is 0.674. The first kappa shape index (κ1) is 12.4. The molecule has 0 heterocycles. The average Bonchev–Trinajstić information content (AvgIpc) is 2.54. The summed E-state index contributed by atoms with van der Waals surface area (Å²) in [7, 11) is -1.73. The summed E-state index contributed by atoms with van der Waals surface area (Å²) in [5.74, 6) is 0.733. The summed E-state index contributed by atoms with van der Waals surface area (Å²) in [6.07, 6.45) is 1.54. The summed E-state index contributed by atoms with van der Waals surface area (Å²) in [6, 6.07) is 5.69. The fraction of sp³-hybridized carbons (Fsp3) is 0.308. The van der Waals surface area contributed by atoms with Crippen molar-refractivity contribution in [3.05, 3.63) is 39.9 Å². The minimum atomic E-state index is -1.73. The first-order valence-corrected chi connectivity index (χ1v) is 9.35. The minimum Gasteiger partial charge on any atom is -0.544 e. The van der Waals surface area contributed by atoms with Gasteiger partial charge in [0.05, 0.1) is 0 Å². The van der Waals surface area contributed by atoms with Crippen molar-refractivity contribution in [1.82, 2.24) is 0 Å². The van der Waals surface area contributed by atoms with Crippen molar-refractivity contribution < 1.29 is 9.22 Å². The number of allylic oxidation sites excluding steroid dienone is 1. The van der Waals surface area contributed by atoms with Crippen LogP contribution in [0.25, 0.3) is 5.76 Å². The largest absolute Gasteiger partial charge is 0.544 e. The van der Waals surface area contributed by atoms with E-state index in [1.807, 2.05) is 18.2 Å². The summed E-state index contributed by atoms with van der Waals surface area (Å²) in [6.45, 7) is 6.31. The van der Waals surface area contributed by atoms with E-state index in [-0.39, 0.29) is 0 Å². The molecule has 0 saturated carbocycles. The van der Waals surface area contributed by atoms with Crippen LogP contribution in [0.5, 0.6) is 0 Å². The van der Waals surface area contributed by atoms with E-state index in [1.165, 1.54) is 0 Å². The van der Waals surface area contributed by atoms with Gasteiger partial charge in [0.25, 0.3) is 0 Å². The molecule has 90 valence electrons. The summed E-state index contributed by atoms with van der Waals surface area (Å²) in [5.41, 5.74) is 2.82. The van der Waals surface area contributed by atoms with Crippen LogP contribution >= 0.6 is 11.6 Å². The molecule has 1 aromatic carbocycles. The lowest BCUT2D eigenvalue weighted by atomic mass is 10.1. The molecule has 0 radical (unpaired) electrons. The van der Waals surface area contributed by atoms with Gasteiger partial charge in [-0.2, -0.15) is 0 Å². The SMILES string of the molecule is C[Si](C)(C)OC1=C(C=O)Cc2ccc(Cl)cc21. The van der Waals surface area contributed by atoms with E-state index in [9.17, 15) is 4.79 Å². The summed E-state index contributed by atoms with van der Waals surface area (Å²) in [4.78, 5) is 11.1. The number of rotatable bonds is 3. The topological polar surface area (TPSA) is 26.3 Å². The van der Waals surface area contributed by atoms with Gasteiger partial charge in [-0.05, 0) is 37.3 Å². The number of hydrogen-bond donors (Lipinski definition) is 0. The Labute approximate surface area is 107 Å². The van der Waals surface area contributed by atoms with Crippen LogP contribution in [0.1, 0.15) is 11.1 Å². The molecule has 17 heavy (non-hydrogen) atoms. The van der Waals surface area contributed by atoms with Gasteiger partial charge in [0.2, 0.25) is 8.32 Å². The lowest BCUT2D eigenvalue weighted by Crippen LogP contribution is -2.24. The van der Waals surface area contributed by atoms with E-state index in [1.54, 1.807) is 0 Å². The highest BCUT2D eigenvalue weighted by Gasteiger charge is 2.27. The number of fused-ring (bicyclic) bond motifs is 1. The van der Waals surface area contributed by atoms with Gasteiger partial charge in [-0.3, -0.25) is 4.79 Å². The molecule has 0 atom stereocenters. The van der Waals surface area contributed by atoms with Gasteiger partial charge in [-0.1, -0.05) is 17.7 Å². The Morgan fingerprint density at radius 3 is 2.65 bits per heavy atom. The second kappa shape index (κ2) is 4.31.